The van der Waals surface area contributed by atoms with Gasteiger partial charge in [0.1, 0.15) is 19.0 Å². The van der Waals surface area contributed by atoms with E-state index in [1.54, 1.807) is 4.90 Å². The van der Waals surface area contributed by atoms with Gasteiger partial charge in [-0.1, -0.05) is 31.0 Å². The van der Waals surface area contributed by atoms with Gasteiger partial charge in [0, 0.05) is 49.1 Å². The summed E-state index contributed by atoms with van der Waals surface area (Å²) in [7, 11) is 0. The lowest BCUT2D eigenvalue weighted by molar-refractivity contribution is 0.0138. The van der Waals surface area contributed by atoms with Crippen LogP contribution in [0.3, 0.4) is 0 Å². The Morgan fingerprint density at radius 1 is 1.04 bits per heavy atom. The number of ether oxygens (including phenoxy) is 3. The largest absolute Gasteiger partial charge is 0.461 e. The molecule has 1 saturated carbocycles. The number of aromatic nitrogens is 2. The fourth-order valence-electron chi connectivity index (χ4n) is 11.0. The van der Waals surface area contributed by atoms with E-state index in [0.717, 1.165) is 92.3 Å². The first-order valence-electron chi connectivity index (χ1n) is 19.9. The number of benzene rings is 2. The highest BCUT2D eigenvalue weighted by molar-refractivity contribution is 5.93. The van der Waals surface area contributed by atoms with Crippen LogP contribution in [0.2, 0.25) is 0 Å². The van der Waals surface area contributed by atoms with Crippen LogP contribution in [0.25, 0.3) is 10.9 Å². The molecule has 4 unspecified atom stereocenters. The molecule has 9 heteroatoms. The number of rotatable bonds is 7. The second kappa shape index (κ2) is 13.8. The van der Waals surface area contributed by atoms with E-state index < -0.39 is 0 Å². The number of nitrogens with zero attached hydrogens (tertiary/aromatic N) is 5. The monoisotopic (exact) mass is 703 g/mol. The lowest BCUT2D eigenvalue weighted by Gasteiger charge is -2.35. The molecule has 2 aromatic carbocycles. The van der Waals surface area contributed by atoms with Gasteiger partial charge in [-0.25, -0.2) is 4.79 Å². The zero-order valence-corrected chi connectivity index (χ0v) is 30.9. The number of carbonyl (C=O) groups excluding carboxylic acids is 1. The maximum Gasteiger partial charge on any atom is 0.409 e. The van der Waals surface area contributed by atoms with Gasteiger partial charge in [-0.05, 0) is 123 Å². The lowest BCUT2D eigenvalue weighted by Crippen LogP contribution is -2.48. The Kier molecular flexibility index (Phi) is 9.03. The standard InChI is InChI=1S/C43H53N5O4/c1-4-32-7-5-8-33-21-28(2)22-37(38(32)33)35-11-12-36-39(29(35)3)44-41(45-40(36)47-24-30-9-10-31(23-30)25-47)52-27-43-14-6-16-48(43)34(13-15-43)26-51-42(49)46-17-19-50-20-18-46/h1,5,7-8,11-12,28,30-31,34,37H,6,9-10,13-27H2,2-3H3/t28-,30?,31?,34?,37+,43?/m1/s1. The van der Waals surface area contributed by atoms with Crippen molar-refractivity contribution in [3.8, 4) is 18.4 Å². The highest BCUT2D eigenvalue weighted by atomic mass is 16.6. The average molecular weight is 704 g/mol. The zero-order chi connectivity index (χ0) is 35.4. The molecule has 1 amide bonds. The van der Waals surface area contributed by atoms with E-state index in [-0.39, 0.29) is 23.6 Å². The summed E-state index contributed by atoms with van der Waals surface area (Å²) in [5.74, 6) is 6.28. The second-order valence-corrected chi connectivity index (χ2v) is 16.8. The Labute approximate surface area is 308 Å². The summed E-state index contributed by atoms with van der Waals surface area (Å²) in [6.45, 7) is 11.0. The van der Waals surface area contributed by atoms with Crippen LogP contribution in [0.15, 0.2) is 30.3 Å². The summed E-state index contributed by atoms with van der Waals surface area (Å²) in [5, 5.41) is 1.12. The topological polar surface area (TPSA) is 80.3 Å². The van der Waals surface area contributed by atoms with Gasteiger partial charge in [-0.3, -0.25) is 4.90 Å². The maximum atomic E-state index is 12.8. The molecule has 3 aromatic rings. The molecular formula is C43H53N5O4. The smallest absolute Gasteiger partial charge is 0.409 e. The Bertz CT molecular complexity index is 1870. The van der Waals surface area contributed by atoms with Crippen LogP contribution in [0.1, 0.15) is 92.0 Å². The van der Waals surface area contributed by atoms with Crippen LogP contribution in [0.4, 0.5) is 10.6 Å². The van der Waals surface area contributed by atoms with Gasteiger partial charge in [-0.15, -0.1) is 6.42 Å². The molecule has 0 spiro atoms. The first-order chi connectivity index (χ1) is 25.4. The van der Waals surface area contributed by atoms with Crippen LogP contribution >= 0.6 is 0 Å². The van der Waals surface area contributed by atoms with Gasteiger partial charge in [0.2, 0.25) is 0 Å². The van der Waals surface area contributed by atoms with Gasteiger partial charge in [0.25, 0.3) is 0 Å². The minimum atomic E-state index is -0.226. The number of anilines is 1. The Morgan fingerprint density at radius 3 is 2.67 bits per heavy atom. The molecule has 52 heavy (non-hydrogen) atoms. The molecule has 5 heterocycles. The molecule has 9 nitrogen and oxygen atoms in total. The average Bonchev–Trinajstić information content (AvgIpc) is 3.85. The minimum Gasteiger partial charge on any atom is -0.461 e. The number of carbonyl (C=O) groups is 1. The summed E-state index contributed by atoms with van der Waals surface area (Å²) in [6.07, 6.45) is 16.1. The van der Waals surface area contributed by atoms with Crippen molar-refractivity contribution in [1.29, 1.82) is 0 Å². The summed E-state index contributed by atoms with van der Waals surface area (Å²) >= 11 is 0. The molecule has 1 aromatic heterocycles. The van der Waals surface area contributed by atoms with Crippen LogP contribution in [-0.2, 0) is 15.9 Å². The Hall–Kier alpha value is -3.87. The van der Waals surface area contributed by atoms with Crippen LogP contribution in [0.5, 0.6) is 6.01 Å². The van der Waals surface area contributed by atoms with Crippen molar-refractivity contribution in [3.05, 3.63) is 58.1 Å². The summed E-state index contributed by atoms with van der Waals surface area (Å²) < 4.78 is 18.0. The molecule has 0 N–H and O–H groups in total. The molecule has 274 valence electrons. The second-order valence-electron chi connectivity index (χ2n) is 16.8. The highest BCUT2D eigenvalue weighted by Gasteiger charge is 2.50. The van der Waals surface area contributed by atoms with E-state index in [0.29, 0.717) is 51.4 Å². The summed E-state index contributed by atoms with van der Waals surface area (Å²) in [5.41, 5.74) is 7.11. The van der Waals surface area contributed by atoms with Crippen molar-refractivity contribution >= 4 is 22.8 Å². The molecule has 4 saturated heterocycles. The molecule has 0 radical (unpaired) electrons. The maximum absolute atomic E-state index is 12.8. The Morgan fingerprint density at radius 2 is 1.87 bits per heavy atom. The first-order valence-corrected chi connectivity index (χ1v) is 19.9. The normalized spacial score (nSPS) is 29.9. The van der Waals surface area contributed by atoms with Crippen molar-refractivity contribution in [2.45, 2.75) is 89.1 Å². The lowest BCUT2D eigenvalue weighted by atomic mass is 9.72. The van der Waals surface area contributed by atoms with Crippen molar-refractivity contribution in [3.63, 3.8) is 0 Å². The quantitative estimate of drug-likeness (QED) is 0.251. The number of hydrogen-bond acceptors (Lipinski definition) is 8. The Balaban J connectivity index is 1.02. The minimum absolute atomic E-state index is 0.0940. The van der Waals surface area contributed by atoms with E-state index >= 15 is 0 Å². The third kappa shape index (κ3) is 6.10. The molecule has 6 aliphatic rings. The van der Waals surface area contributed by atoms with Crippen LogP contribution in [-0.4, -0.2) is 96.6 Å². The first kappa shape index (κ1) is 33.9. The zero-order valence-electron chi connectivity index (χ0n) is 30.9. The van der Waals surface area contributed by atoms with Crippen molar-refractivity contribution in [1.82, 2.24) is 19.8 Å². The highest BCUT2D eigenvalue weighted by Crippen LogP contribution is 2.46. The number of amides is 1. The molecule has 6 atom stereocenters. The summed E-state index contributed by atoms with van der Waals surface area (Å²) in [4.78, 5) is 30.1. The molecule has 2 bridgehead atoms. The fraction of sp³-hybridized carbons (Fsp3) is 0.605. The van der Waals surface area contributed by atoms with Gasteiger partial charge in [0.05, 0.1) is 24.3 Å². The predicted molar refractivity (Wildman–Crippen MR) is 202 cm³/mol. The summed E-state index contributed by atoms with van der Waals surface area (Å²) in [6, 6.07) is 11.8. The third-order valence-corrected chi connectivity index (χ3v) is 13.5. The molecule has 5 fully saturated rings. The van der Waals surface area contributed by atoms with E-state index in [4.69, 9.17) is 30.6 Å². The number of fused-ring (bicyclic) bond motifs is 5. The third-order valence-electron chi connectivity index (χ3n) is 13.5. The van der Waals surface area contributed by atoms with E-state index in [2.05, 4.69) is 59.9 Å². The van der Waals surface area contributed by atoms with E-state index in [9.17, 15) is 4.79 Å². The van der Waals surface area contributed by atoms with E-state index in [1.807, 2.05) is 0 Å². The number of piperidine rings is 1. The van der Waals surface area contributed by atoms with Crippen molar-refractivity contribution in [2.24, 2.45) is 17.8 Å². The van der Waals surface area contributed by atoms with Crippen molar-refractivity contribution < 1.29 is 19.0 Å². The SMILES string of the molecule is C#Cc1cccc2c1[C@H](c1ccc3c(N4CC5CCC(C5)C4)nc(OCC45CCCN4C(COC(=O)N4CCOCC4)CC5)nc3c1C)C[C@H](C)C2. The number of hydrogen-bond donors (Lipinski definition) is 0. The predicted octanol–water partition coefficient (Wildman–Crippen LogP) is 6.71. The van der Waals surface area contributed by atoms with Gasteiger partial charge in [0.15, 0.2) is 0 Å². The van der Waals surface area contributed by atoms with Crippen molar-refractivity contribution in [2.75, 3.05) is 64.1 Å². The van der Waals surface area contributed by atoms with E-state index in [1.165, 1.54) is 41.5 Å². The molecule has 2 aliphatic carbocycles. The fourth-order valence-corrected chi connectivity index (χ4v) is 11.0. The molecule has 4 aliphatic heterocycles. The van der Waals surface area contributed by atoms with Gasteiger partial charge < -0.3 is 24.0 Å². The van der Waals surface area contributed by atoms with Crippen LogP contribution in [0, 0.1) is 37.0 Å². The van der Waals surface area contributed by atoms with Crippen LogP contribution < -0.4 is 9.64 Å². The number of morpholine rings is 1. The number of aryl methyl sites for hydroxylation is 1. The van der Waals surface area contributed by atoms with Gasteiger partial charge in [-0.2, -0.15) is 9.97 Å². The van der Waals surface area contributed by atoms with Gasteiger partial charge >= 0.3 is 12.1 Å². The molecule has 9 rings (SSSR count). The molecular weight excluding hydrogens is 651 g/mol. The number of terminal acetylenes is 1.